The standard InChI is InChI=1S/C12H16F3NO2S/c1-11(2,6-7-16)19(17,18)10-5-3-4-9(8-10)12(13,14)15/h3-5,8H,6-7,16H2,1-2H3. The fourth-order valence-electron chi connectivity index (χ4n) is 1.64. The molecular weight excluding hydrogens is 279 g/mol. The monoisotopic (exact) mass is 295 g/mol. The van der Waals surface area contributed by atoms with Crippen molar-refractivity contribution in [2.75, 3.05) is 6.54 Å². The summed E-state index contributed by atoms with van der Waals surface area (Å²) in [6, 6.07) is 3.76. The van der Waals surface area contributed by atoms with Crippen LogP contribution in [0.15, 0.2) is 29.2 Å². The molecule has 108 valence electrons. The van der Waals surface area contributed by atoms with E-state index >= 15 is 0 Å². The van der Waals surface area contributed by atoms with Gasteiger partial charge in [-0.05, 0) is 45.0 Å². The Bertz CT molecular complexity index is 550. The van der Waals surface area contributed by atoms with E-state index in [1.54, 1.807) is 0 Å². The van der Waals surface area contributed by atoms with Crippen molar-refractivity contribution in [3.05, 3.63) is 29.8 Å². The molecule has 0 saturated carbocycles. The number of rotatable bonds is 4. The van der Waals surface area contributed by atoms with Crippen molar-refractivity contribution in [2.45, 2.75) is 36.1 Å². The van der Waals surface area contributed by atoms with E-state index in [1.807, 2.05) is 0 Å². The minimum absolute atomic E-state index is 0.144. The third-order valence-electron chi connectivity index (χ3n) is 2.95. The molecule has 19 heavy (non-hydrogen) atoms. The summed E-state index contributed by atoms with van der Waals surface area (Å²) >= 11 is 0. The van der Waals surface area contributed by atoms with Crippen LogP contribution in [-0.2, 0) is 16.0 Å². The maximum absolute atomic E-state index is 12.6. The van der Waals surface area contributed by atoms with Crippen molar-refractivity contribution in [1.82, 2.24) is 0 Å². The molecule has 1 aromatic rings. The van der Waals surface area contributed by atoms with E-state index in [1.165, 1.54) is 19.9 Å². The Labute approximate surface area is 110 Å². The van der Waals surface area contributed by atoms with Crippen molar-refractivity contribution in [1.29, 1.82) is 0 Å². The van der Waals surface area contributed by atoms with Gasteiger partial charge in [0.1, 0.15) is 0 Å². The number of alkyl halides is 3. The molecular formula is C12H16F3NO2S. The molecule has 0 aliphatic heterocycles. The lowest BCUT2D eigenvalue weighted by atomic mass is 10.1. The van der Waals surface area contributed by atoms with Gasteiger partial charge in [-0.25, -0.2) is 8.42 Å². The molecule has 0 unspecified atom stereocenters. The van der Waals surface area contributed by atoms with Crippen molar-refractivity contribution < 1.29 is 21.6 Å². The van der Waals surface area contributed by atoms with E-state index < -0.39 is 26.3 Å². The summed E-state index contributed by atoms with van der Waals surface area (Å²) in [5, 5.41) is 0. The van der Waals surface area contributed by atoms with Crippen LogP contribution in [0.3, 0.4) is 0 Å². The van der Waals surface area contributed by atoms with Crippen LogP contribution in [0.25, 0.3) is 0 Å². The Hall–Kier alpha value is -1.08. The van der Waals surface area contributed by atoms with Crippen molar-refractivity contribution in [3.8, 4) is 0 Å². The lowest BCUT2D eigenvalue weighted by molar-refractivity contribution is -0.137. The van der Waals surface area contributed by atoms with Crippen LogP contribution in [0.1, 0.15) is 25.8 Å². The number of sulfone groups is 1. The maximum atomic E-state index is 12.6. The summed E-state index contributed by atoms with van der Waals surface area (Å²) in [5.74, 6) is 0. The van der Waals surface area contributed by atoms with Crippen molar-refractivity contribution >= 4 is 9.84 Å². The first-order chi connectivity index (χ1) is 8.52. The van der Waals surface area contributed by atoms with Gasteiger partial charge in [0.2, 0.25) is 0 Å². The number of nitrogens with two attached hydrogens (primary N) is 1. The summed E-state index contributed by atoms with van der Waals surface area (Å²) in [6.45, 7) is 3.05. The van der Waals surface area contributed by atoms with Gasteiger partial charge in [0.15, 0.2) is 9.84 Å². The highest BCUT2D eigenvalue weighted by atomic mass is 32.2. The summed E-state index contributed by atoms with van der Waals surface area (Å²) in [5.41, 5.74) is 4.37. The Morgan fingerprint density at radius 3 is 2.26 bits per heavy atom. The predicted octanol–water partition coefficient (Wildman–Crippen LogP) is 2.61. The zero-order valence-corrected chi connectivity index (χ0v) is 11.5. The van der Waals surface area contributed by atoms with Gasteiger partial charge in [0.05, 0.1) is 15.2 Å². The lowest BCUT2D eigenvalue weighted by Crippen LogP contribution is -2.34. The molecule has 0 saturated heterocycles. The van der Waals surface area contributed by atoms with E-state index in [2.05, 4.69) is 0 Å². The summed E-state index contributed by atoms with van der Waals surface area (Å²) in [4.78, 5) is -0.333. The largest absolute Gasteiger partial charge is 0.416 e. The quantitative estimate of drug-likeness (QED) is 0.929. The van der Waals surface area contributed by atoms with Gasteiger partial charge in [0.25, 0.3) is 0 Å². The number of halogens is 3. The van der Waals surface area contributed by atoms with Crippen molar-refractivity contribution in [3.63, 3.8) is 0 Å². The second-order valence-electron chi connectivity index (χ2n) is 4.83. The Morgan fingerprint density at radius 1 is 1.21 bits per heavy atom. The van der Waals surface area contributed by atoms with Crippen LogP contribution >= 0.6 is 0 Å². The molecule has 0 amide bonds. The molecule has 0 radical (unpaired) electrons. The van der Waals surface area contributed by atoms with Crippen LogP contribution in [0.5, 0.6) is 0 Å². The Balaban J connectivity index is 3.31. The molecule has 0 spiro atoms. The van der Waals surface area contributed by atoms with Gasteiger partial charge < -0.3 is 5.73 Å². The number of benzene rings is 1. The molecule has 7 heteroatoms. The fourth-order valence-corrected chi connectivity index (χ4v) is 3.21. The molecule has 1 rings (SSSR count). The Morgan fingerprint density at radius 2 is 1.79 bits per heavy atom. The van der Waals surface area contributed by atoms with Crippen molar-refractivity contribution in [2.24, 2.45) is 5.73 Å². The third-order valence-corrected chi connectivity index (χ3v) is 5.48. The van der Waals surface area contributed by atoms with Gasteiger partial charge in [-0.3, -0.25) is 0 Å². The summed E-state index contributed by atoms with van der Waals surface area (Å²) in [6.07, 6.45) is -4.39. The molecule has 0 heterocycles. The normalized spacial score (nSPS) is 13.6. The zero-order chi connectivity index (χ0) is 14.9. The van der Waals surface area contributed by atoms with E-state index in [0.29, 0.717) is 6.07 Å². The number of hydrogen-bond donors (Lipinski definition) is 1. The first kappa shape index (κ1) is 16.0. The van der Waals surface area contributed by atoms with E-state index in [4.69, 9.17) is 5.73 Å². The van der Waals surface area contributed by atoms with Gasteiger partial charge >= 0.3 is 6.18 Å². The number of hydrogen-bond acceptors (Lipinski definition) is 3. The van der Waals surface area contributed by atoms with Gasteiger partial charge in [0, 0.05) is 0 Å². The molecule has 0 aliphatic carbocycles. The minimum Gasteiger partial charge on any atom is -0.330 e. The van der Waals surface area contributed by atoms with E-state index in [0.717, 1.165) is 12.1 Å². The highest BCUT2D eigenvalue weighted by molar-refractivity contribution is 7.92. The lowest BCUT2D eigenvalue weighted by Gasteiger charge is -2.24. The van der Waals surface area contributed by atoms with E-state index in [9.17, 15) is 21.6 Å². The van der Waals surface area contributed by atoms with Crippen LogP contribution in [0.4, 0.5) is 13.2 Å². The molecule has 0 aliphatic rings. The van der Waals surface area contributed by atoms with Crippen LogP contribution in [-0.4, -0.2) is 19.7 Å². The van der Waals surface area contributed by atoms with E-state index in [-0.39, 0.29) is 17.9 Å². The third kappa shape index (κ3) is 3.27. The van der Waals surface area contributed by atoms with Gasteiger partial charge in [-0.2, -0.15) is 13.2 Å². The SMILES string of the molecule is CC(C)(CCN)S(=O)(=O)c1cccc(C(F)(F)F)c1. The predicted molar refractivity (Wildman–Crippen MR) is 66.4 cm³/mol. The topological polar surface area (TPSA) is 60.2 Å². The molecule has 0 aromatic heterocycles. The summed E-state index contributed by atoms with van der Waals surface area (Å²) < 4.78 is 61.2. The molecule has 0 atom stereocenters. The highest BCUT2D eigenvalue weighted by Crippen LogP contribution is 2.33. The molecule has 0 fully saturated rings. The van der Waals surface area contributed by atoms with Crippen LogP contribution in [0, 0.1) is 0 Å². The van der Waals surface area contributed by atoms with Crippen LogP contribution in [0.2, 0.25) is 0 Å². The fraction of sp³-hybridized carbons (Fsp3) is 0.500. The second kappa shape index (κ2) is 5.13. The Kier molecular flexibility index (Phi) is 4.31. The average Bonchev–Trinajstić information content (AvgIpc) is 2.27. The molecule has 3 nitrogen and oxygen atoms in total. The molecule has 0 bridgehead atoms. The first-order valence-electron chi connectivity index (χ1n) is 5.64. The smallest absolute Gasteiger partial charge is 0.330 e. The van der Waals surface area contributed by atoms with Gasteiger partial charge in [-0.1, -0.05) is 6.07 Å². The second-order valence-corrected chi connectivity index (χ2v) is 7.41. The average molecular weight is 295 g/mol. The first-order valence-corrected chi connectivity index (χ1v) is 7.12. The molecule has 1 aromatic carbocycles. The zero-order valence-electron chi connectivity index (χ0n) is 10.7. The molecule has 2 N–H and O–H groups in total. The summed E-state index contributed by atoms with van der Waals surface area (Å²) in [7, 11) is -3.86. The maximum Gasteiger partial charge on any atom is 0.416 e. The minimum atomic E-state index is -4.57. The van der Waals surface area contributed by atoms with Gasteiger partial charge in [-0.15, -0.1) is 0 Å². The highest BCUT2D eigenvalue weighted by Gasteiger charge is 2.37. The van der Waals surface area contributed by atoms with Crippen LogP contribution < -0.4 is 5.73 Å².